The molecule has 2 heterocycles. The fraction of sp³-hybridized carbons (Fsp3) is 0.545. The standard InChI is InChI=1S/C11H15N5O/c1-6-2-3-7(9(6)17)16-5-15-8-10(12)13-4-14-11(8)16/h4-7,9,17H,2-3H2,1H3,(H2,12,13,14). The van der Waals surface area contributed by atoms with Crippen molar-refractivity contribution >= 4 is 17.0 Å². The van der Waals surface area contributed by atoms with E-state index in [1.807, 2.05) is 4.57 Å². The summed E-state index contributed by atoms with van der Waals surface area (Å²) in [6, 6.07) is 0.0456. The van der Waals surface area contributed by atoms with E-state index in [-0.39, 0.29) is 12.1 Å². The molecule has 0 bridgehead atoms. The lowest BCUT2D eigenvalue weighted by Gasteiger charge is -2.18. The van der Waals surface area contributed by atoms with Crippen LogP contribution in [0.5, 0.6) is 0 Å². The van der Waals surface area contributed by atoms with E-state index >= 15 is 0 Å². The van der Waals surface area contributed by atoms with Crippen LogP contribution in [0.1, 0.15) is 25.8 Å². The van der Waals surface area contributed by atoms with Gasteiger partial charge in [-0.15, -0.1) is 0 Å². The molecular formula is C11H15N5O. The van der Waals surface area contributed by atoms with Gasteiger partial charge in [0.1, 0.15) is 11.8 Å². The van der Waals surface area contributed by atoms with E-state index in [0.29, 0.717) is 22.9 Å². The third kappa shape index (κ3) is 1.48. The predicted molar refractivity (Wildman–Crippen MR) is 63.2 cm³/mol. The van der Waals surface area contributed by atoms with Gasteiger partial charge < -0.3 is 15.4 Å². The molecular weight excluding hydrogens is 218 g/mol. The summed E-state index contributed by atoms with van der Waals surface area (Å²) in [6.45, 7) is 2.06. The molecule has 0 saturated heterocycles. The number of anilines is 1. The van der Waals surface area contributed by atoms with Crippen molar-refractivity contribution in [3.05, 3.63) is 12.7 Å². The topological polar surface area (TPSA) is 89.9 Å². The first-order valence-corrected chi connectivity index (χ1v) is 5.79. The van der Waals surface area contributed by atoms with Crippen LogP contribution in [0.15, 0.2) is 12.7 Å². The molecule has 1 fully saturated rings. The fourth-order valence-electron chi connectivity index (χ4n) is 2.57. The minimum atomic E-state index is -0.344. The van der Waals surface area contributed by atoms with Gasteiger partial charge in [-0.05, 0) is 18.8 Å². The number of aliphatic hydroxyl groups excluding tert-OH is 1. The number of nitrogens with zero attached hydrogens (tertiary/aromatic N) is 4. The van der Waals surface area contributed by atoms with Crippen molar-refractivity contribution in [2.24, 2.45) is 5.92 Å². The Bertz CT molecular complexity index is 552. The summed E-state index contributed by atoms with van der Waals surface area (Å²) in [6.07, 6.45) is 4.75. The summed E-state index contributed by atoms with van der Waals surface area (Å²) in [5.41, 5.74) is 7.06. The number of hydrogen-bond donors (Lipinski definition) is 2. The number of nitrogen functional groups attached to an aromatic ring is 1. The van der Waals surface area contributed by atoms with Gasteiger partial charge in [-0.25, -0.2) is 15.0 Å². The van der Waals surface area contributed by atoms with Crippen molar-refractivity contribution in [3.8, 4) is 0 Å². The molecule has 3 N–H and O–H groups in total. The summed E-state index contributed by atoms with van der Waals surface area (Å²) in [4.78, 5) is 12.3. The van der Waals surface area contributed by atoms with Crippen molar-refractivity contribution in [1.29, 1.82) is 0 Å². The molecule has 3 unspecified atom stereocenters. The molecule has 6 nitrogen and oxygen atoms in total. The Morgan fingerprint density at radius 2 is 2.18 bits per heavy atom. The Morgan fingerprint density at radius 1 is 1.35 bits per heavy atom. The lowest BCUT2D eigenvalue weighted by molar-refractivity contribution is 0.103. The van der Waals surface area contributed by atoms with Crippen LogP contribution in [-0.2, 0) is 0 Å². The molecule has 0 radical (unpaired) electrons. The molecule has 0 aliphatic heterocycles. The lowest BCUT2D eigenvalue weighted by Crippen LogP contribution is -2.22. The predicted octanol–water partition coefficient (Wildman–Crippen LogP) is 0.740. The highest BCUT2D eigenvalue weighted by Gasteiger charge is 2.34. The number of nitrogens with two attached hydrogens (primary N) is 1. The van der Waals surface area contributed by atoms with Crippen molar-refractivity contribution in [2.45, 2.75) is 31.9 Å². The maximum absolute atomic E-state index is 10.1. The average molecular weight is 233 g/mol. The van der Waals surface area contributed by atoms with Gasteiger partial charge in [-0.1, -0.05) is 6.92 Å². The third-order valence-corrected chi connectivity index (χ3v) is 3.64. The van der Waals surface area contributed by atoms with E-state index in [0.717, 1.165) is 12.8 Å². The minimum Gasteiger partial charge on any atom is -0.391 e. The molecule has 1 aliphatic rings. The first-order chi connectivity index (χ1) is 8.18. The molecule has 17 heavy (non-hydrogen) atoms. The molecule has 6 heteroatoms. The van der Waals surface area contributed by atoms with Crippen LogP contribution in [0.4, 0.5) is 5.82 Å². The van der Waals surface area contributed by atoms with E-state index in [9.17, 15) is 5.11 Å². The van der Waals surface area contributed by atoms with Crippen LogP contribution < -0.4 is 5.73 Å². The second kappa shape index (κ2) is 3.66. The summed E-state index contributed by atoms with van der Waals surface area (Å²) in [7, 11) is 0. The van der Waals surface area contributed by atoms with Crippen LogP contribution in [0.2, 0.25) is 0 Å². The van der Waals surface area contributed by atoms with E-state index in [2.05, 4.69) is 21.9 Å². The normalized spacial score (nSPS) is 28.9. The van der Waals surface area contributed by atoms with Crippen LogP contribution in [0.3, 0.4) is 0 Å². The van der Waals surface area contributed by atoms with Gasteiger partial charge in [0.2, 0.25) is 0 Å². The highest BCUT2D eigenvalue weighted by Crippen LogP contribution is 2.36. The molecule has 3 rings (SSSR count). The minimum absolute atomic E-state index is 0.0456. The molecule has 0 aromatic carbocycles. The first kappa shape index (κ1) is 10.5. The summed E-state index contributed by atoms with van der Waals surface area (Å²) < 4.78 is 1.92. The largest absolute Gasteiger partial charge is 0.391 e. The second-order valence-electron chi connectivity index (χ2n) is 4.70. The molecule has 1 saturated carbocycles. The molecule has 3 atom stereocenters. The lowest BCUT2D eigenvalue weighted by atomic mass is 10.1. The molecule has 0 spiro atoms. The Balaban J connectivity index is 2.10. The highest BCUT2D eigenvalue weighted by molar-refractivity contribution is 5.81. The van der Waals surface area contributed by atoms with Gasteiger partial charge in [0.15, 0.2) is 11.5 Å². The Hall–Kier alpha value is -1.69. The van der Waals surface area contributed by atoms with Gasteiger partial charge in [-0.2, -0.15) is 0 Å². The average Bonchev–Trinajstić information content (AvgIpc) is 2.86. The zero-order valence-electron chi connectivity index (χ0n) is 9.61. The van der Waals surface area contributed by atoms with Gasteiger partial charge in [0, 0.05) is 0 Å². The van der Waals surface area contributed by atoms with E-state index in [1.54, 1.807) is 6.33 Å². The van der Waals surface area contributed by atoms with Gasteiger partial charge >= 0.3 is 0 Å². The zero-order valence-corrected chi connectivity index (χ0v) is 9.61. The number of fused-ring (bicyclic) bond motifs is 1. The fourth-order valence-corrected chi connectivity index (χ4v) is 2.57. The Kier molecular flexibility index (Phi) is 2.25. The molecule has 1 aliphatic carbocycles. The van der Waals surface area contributed by atoms with Crippen LogP contribution >= 0.6 is 0 Å². The monoisotopic (exact) mass is 233 g/mol. The molecule has 90 valence electrons. The summed E-state index contributed by atoms with van der Waals surface area (Å²) >= 11 is 0. The maximum Gasteiger partial charge on any atom is 0.165 e. The van der Waals surface area contributed by atoms with Crippen LogP contribution in [-0.4, -0.2) is 30.7 Å². The number of hydrogen-bond acceptors (Lipinski definition) is 5. The first-order valence-electron chi connectivity index (χ1n) is 5.79. The van der Waals surface area contributed by atoms with Crippen molar-refractivity contribution < 1.29 is 5.11 Å². The second-order valence-corrected chi connectivity index (χ2v) is 4.70. The summed E-state index contributed by atoms with van der Waals surface area (Å²) in [5, 5.41) is 10.1. The van der Waals surface area contributed by atoms with E-state index in [1.165, 1.54) is 6.33 Å². The SMILES string of the molecule is CC1CCC(n2cnc3c(N)ncnc32)C1O. The number of imidazole rings is 1. The van der Waals surface area contributed by atoms with Crippen molar-refractivity contribution in [2.75, 3.05) is 5.73 Å². The Morgan fingerprint density at radius 3 is 2.88 bits per heavy atom. The quantitative estimate of drug-likeness (QED) is 0.758. The number of aliphatic hydroxyl groups is 1. The van der Waals surface area contributed by atoms with Gasteiger partial charge in [-0.3, -0.25) is 0 Å². The highest BCUT2D eigenvalue weighted by atomic mass is 16.3. The zero-order chi connectivity index (χ0) is 12.0. The molecule has 2 aromatic heterocycles. The van der Waals surface area contributed by atoms with Crippen molar-refractivity contribution in [1.82, 2.24) is 19.5 Å². The number of aromatic nitrogens is 4. The third-order valence-electron chi connectivity index (χ3n) is 3.64. The summed E-state index contributed by atoms with van der Waals surface area (Å²) in [5.74, 6) is 0.700. The molecule has 0 amide bonds. The maximum atomic E-state index is 10.1. The smallest absolute Gasteiger partial charge is 0.165 e. The van der Waals surface area contributed by atoms with Gasteiger partial charge in [0.05, 0.1) is 18.5 Å². The number of rotatable bonds is 1. The van der Waals surface area contributed by atoms with Gasteiger partial charge in [0.25, 0.3) is 0 Å². The van der Waals surface area contributed by atoms with E-state index < -0.39 is 0 Å². The van der Waals surface area contributed by atoms with Crippen LogP contribution in [0.25, 0.3) is 11.2 Å². The van der Waals surface area contributed by atoms with E-state index in [4.69, 9.17) is 5.73 Å². The Labute approximate surface area is 98.5 Å². The van der Waals surface area contributed by atoms with Crippen LogP contribution in [0, 0.1) is 5.92 Å². The molecule has 2 aromatic rings. The van der Waals surface area contributed by atoms with Crippen molar-refractivity contribution in [3.63, 3.8) is 0 Å².